The van der Waals surface area contributed by atoms with E-state index in [1.807, 2.05) is 0 Å². The average Bonchev–Trinajstić information content (AvgIpc) is 2.95. The maximum absolute atomic E-state index is 12.5. The predicted molar refractivity (Wildman–Crippen MR) is 89.5 cm³/mol. The van der Waals surface area contributed by atoms with Crippen LogP contribution in [0.3, 0.4) is 0 Å². The second kappa shape index (κ2) is 7.78. The summed E-state index contributed by atoms with van der Waals surface area (Å²) in [6.07, 6.45) is 9.26. The van der Waals surface area contributed by atoms with Gasteiger partial charge in [0.25, 0.3) is 0 Å². The molecule has 128 valence electrons. The molecular weight excluding hydrogens is 276 g/mol. The molecule has 1 heterocycles. The van der Waals surface area contributed by atoms with Gasteiger partial charge in [0, 0.05) is 12.6 Å². The summed E-state index contributed by atoms with van der Waals surface area (Å²) in [5, 5.41) is 3.29. The number of carbonyl (C=O) groups is 1. The fourth-order valence-electron chi connectivity index (χ4n) is 3.72. The molecule has 1 aliphatic heterocycles. The second-order valence-corrected chi connectivity index (χ2v) is 8.23. The van der Waals surface area contributed by atoms with E-state index < -0.39 is 0 Å². The van der Waals surface area contributed by atoms with Crippen molar-refractivity contribution in [2.75, 3.05) is 6.54 Å². The largest absolute Gasteiger partial charge is 0.364 e. The molecular formula is C18H34N2O2. The summed E-state index contributed by atoms with van der Waals surface area (Å²) in [7, 11) is 0. The molecule has 1 aliphatic carbocycles. The van der Waals surface area contributed by atoms with Crippen LogP contribution in [0.25, 0.3) is 0 Å². The second-order valence-electron chi connectivity index (χ2n) is 8.23. The van der Waals surface area contributed by atoms with Crippen LogP contribution < -0.4 is 11.1 Å². The number of ether oxygens (including phenoxy) is 1. The number of carbonyl (C=O) groups excluding carboxylic acids is 1. The molecule has 1 unspecified atom stereocenters. The summed E-state index contributed by atoms with van der Waals surface area (Å²) >= 11 is 0. The molecule has 1 saturated carbocycles. The van der Waals surface area contributed by atoms with Crippen molar-refractivity contribution >= 4 is 5.91 Å². The van der Waals surface area contributed by atoms with E-state index in [4.69, 9.17) is 10.5 Å². The fraction of sp³-hybridized carbons (Fsp3) is 0.944. The van der Waals surface area contributed by atoms with Gasteiger partial charge in [0.1, 0.15) is 6.10 Å². The van der Waals surface area contributed by atoms with Crippen LogP contribution in [0.15, 0.2) is 0 Å². The Bertz CT molecular complexity index is 359. The molecule has 1 saturated heterocycles. The molecule has 0 aromatic heterocycles. The third-order valence-corrected chi connectivity index (χ3v) is 5.32. The number of hydrogen-bond acceptors (Lipinski definition) is 3. The van der Waals surface area contributed by atoms with Gasteiger partial charge in [0.2, 0.25) is 5.91 Å². The van der Waals surface area contributed by atoms with E-state index >= 15 is 0 Å². The lowest BCUT2D eigenvalue weighted by Gasteiger charge is -2.36. The number of amides is 1. The quantitative estimate of drug-likeness (QED) is 0.820. The first kappa shape index (κ1) is 17.7. The molecule has 22 heavy (non-hydrogen) atoms. The maximum Gasteiger partial charge on any atom is 0.249 e. The molecule has 4 nitrogen and oxygen atoms in total. The van der Waals surface area contributed by atoms with Gasteiger partial charge in [-0.15, -0.1) is 0 Å². The molecule has 0 radical (unpaired) electrons. The van der Waals surface area contributed by atoms with Crippen molar-refractivity contribution in [3.05, 3.63) is 0 Å². The highest BCUT2D eigenvalue weighted by Crippen LogP contribution is 2.32. The normalized spacial score (nSPS) is 28.5. The molecule has 0 aromatic carbocycles. The Morgan fingerprint density at radius 2 is 1.86 bits per heavy atom. The van der Waals surface area contributed by atoms with Crippen molar-refractivity contribution in [2.45, 2.75) is 90.4 Å². The Labute approximate surface area is 135 Å². The Morgan fingerprint density at radius 1 is 1.18 bits per heavy atom. The third-order valence-electron chi connectivity index (χ3n) is 5.32. The highest BCUT2D eigenvalue weighted by atomic mass is 16.5. The van der Waals surface area contributed by atoms with Gasteiger partial charge in [-0.1, -0.05) is 52.9 Å². The molecule has 2 aliphatic rings. The van der Waals surface area contributed by atoms with E-state index in [1.165, 1.54) is 32.1 Å². The van der Waals surface area contributed by atoms with Crippen LogP contribution in [0, 0.1) is 11.3 Å². The van der Waals surface area contributed by atoms with Gasteiger partial charge in [-0.25, -0.2) is 0 Å². The minimum Gasteiger partial charge on any atom is -0.364 e. The topological polar surface area (TPSA) is 64.4 Å². The first-order valence-electron chi connectivity index (χ1n) is 9.06. The summed E-state index contributed by atoms with van der Waals surface area (Å²) in [4.78, 5) is 12.5. The molecule has 0 aromatic rings. The van der Waals surface area contributed by atoms with E-state index in [-0.39, 0.29) is 29.6 Å². The summed E-state index contributed by atoms with van der Waals surface area (Å²) in [5.74, 6) is 0.825. The summed E-state index contributed by atoms with van der Waals surface area (Å²) in [6, 6.07) is 0.226. The smallest absolute Gasteiger partial charge is 0.249 e. The average molecular weight is 310 g/mol. The van der Waals surface area contributed by atoms with Crippen molar-refractivity contribution in [3.8, 4) is 0 Å². The van der Waals surface area contributed by atoms with E-state index in [2.05, 4.69) is 26.1 Å². The molecule has 3 N–H and O–H groups in total. The first-order chi connectivity index (χ1) is 10.4. The standard InChI is InChI=1S/C18H34N2O2/c1-18(2,3)16(11-13-7-5-4-6-8-13)20-17(21)15-10-9-14(12-19)22-15/h13-16H,4-12,19H2,1-3H3,(H,20,21)/t14-,15+,16?/m1/s1. The lowest BCUT2D eigenvalue weighted by atomic mass is 9.77. The van der Waals surface area contributed by atoms with Gasteiger partial charge < -0.3 is 15.8 Å². The Morgan fingerprint density at radius 3 is 2.41 bits per heavy atom. The molecule has 0 spiro atoms. The van der Waals surface area contributed by atoms with Crippen molar-refractivity contribution in [1.29, 1.82) is 0 Å². The summed E-state index contributed by atoms with van der Waals surface area (Å²) in [5.41, 5.74) is 5.72. The zero-order valence-corrected chi connectivity index (χ0v) is 14.6. The van der Waals surface area contributed by atoms with E-state index in [9.17, 15) is 4.79 Å². The van der Waals surface area contributed by atoms with Crippen molar-refractivity contribution in [2.24, 2.45) is 17.1 Å². The molecule has 1 amide bonds. The van der Waals surface area contributed by atoms with Crippen LogP contribution in [0.5, 0.6) is 0 Å². The van der Waals surface area contributed by atoms with Crippen LogP contribution in [0.2, 0.25) is 0 Å². The number of nitrogens with one attached hydrogen (secondary N) is 1. The Hall–Kier alpha value is -0.610. The Balaban J connectivity index is 1.90. The van der Waals surface area contributed by atoms with Crippen LogP contribution in [-0.4, -0.2) is 30.7 Å². The van der Waals surface area contributed by atoms with E-state index in [0.717, 1.165) is 25.2 Å². The van der Waals surface area contributed by atoms with Gasteiger partial charge >= 0.3 is 0 Å². The third kappa shape index (κ3) is 4.95. The van der Waals surface area contributed by atoms with Gasteiger partial charge in [-0.05, 0) is 30.6 Å². The van der Waals surface area contributed by atoms with E-state index in [0.29, 0.717) is 6.54 Å². The van der Waals surface area contributed by atoms with Gasteiger partial charge in [0.15, 0.2) is 0 Å². The highest BCUT2D eigenvalue weighted by molar-refractivity contribution is 5.81. The lowest BCUT2D eigenvalue weighted by Crippen LogP contribution is -2.48. The molecule has 2 rings (SSSR count). The van der Waals surface area contributed by atoms with Gasteiger partial charge in [-0.2, -0.15) is 0 Å². The van der Waals surface area contributed by atoms with Gasteiger partial charge in [0.05, 0.1) is 6.10 Å². The minimum atomic E-state index is -0.301. The zero-order chi connectivity index (χ0) is 16.2. The van der Waals surface area contributed by atoms with Gasteiger partial charge in [-0.3, -0.25) is 4.79 Å². The van der Waals surface area contributed by atoms with Crippen molar-refractivity contribution < 1.29 is 9.53 Å². The summed E-state index contributed by atoms with van der Waals surface area (Å²) in [6.45, 7) is 7.17. The molecule has 3 atom stereocenters. The Kier molecular flexibility index (Phi) is 6.27. The predicted octanol–water partition coefficient (Wildman–Crippen LogP) is 2.99. The minimum absolute atomic E-state index is 0.0576. The highest BCUT2D eigenvalue weighted by Gasteiger charge is 2.34. The lowest BCUT2D eigenvalue weighted by molar-refractivity contribution is -0.133. The molecule has 4 heteroatoms. The van der Waals surface area contributed by atoms with Crippen molar-refractivity contribution in [1.82, 2.24) is 5.32 Å². The van der Waals surface area contributed by atoms with Crippen LogP contribution in [0.1, 0.15) is 72.1 Å². The molecule has 2 fully saturated rings. The number of rotatable bonds is 5. The maximum atomic E-state index is 12.5. The number of hydrogen-bond donors (Lipinski definition) is 2. The zero-order valence-electron chi connectivity index (χ0n) is 14.6. The fourth-order valence-corrected chi connectivity index (χ4v) is 3.72. The van der Waals surface area contributed by atoms with Crippen LogP contribution in [-0.2, 0) is 9.53 Å². The first-order valence-corrected chi connectivity index (χ1v) is 9.06. The van der Waals surface area contributed by atoms with E-state index in [1.54, 1.807) is 0 Å². The van der Waals surface area contributed by atoms with Crippen molar-refractivity contribution in [3.63, 3.8) is 0 Å². The summed E-state index contributed by atoms with van der Waals surface area (Å²) < 4.78 is 5.74. The SMILES string of the molecule is CC(C)(C)C(CC1CCCCC1)NC(=O)[C@@H]1CC[C@H](CN)O1. The van der Waals surface area contributed by atoms with Crippen LogP contribution >= 0.6 is 0 Å². The number of nitrogens with two attached hydrogens (primary N) is 1. The molecule has 0 bridgehead atoms. The van der Waals surface area contributed by atoms with Crippen LogP contribution in [0.4, 0.5) is 0 Å². The monoisotopic (exact) mass is 310 g/mol.